The van der Waals surface area contributed by atoms with Crippen LogP contribution in [0.4, 0.5) is 5.69 Å². The number of carbonyl (C=O) groups is 2. The lowest BCUT2D eigenvalue weighted by Crippen LogP contribution is -2.22. The van der Waals surface area contributed by atoms with Gasteiger partial charge in [-0.05, 0) is 19.1 Å². The molecule has 11 heteroatoms. The Kier molecular flexibility index (Phi) is 4.55. The molecule has 2 rings (SSSR count). The van der Waals surface area contributed by atoms with E-state index in [9.17, 15) is 28.1 Å². The van der Waals surface area contributed by atoms with Crippen LogP contribution in [-0.4, -0.2) is 41.3 Å². The summed E-state index contributed by atoms with van der Waals surface area (Å²) in [4.78, 5) is 38.0. The molecule has 2 aromatic rings. The number of ketones is 2. The summed E-state index contributed by atoms with van der Waals surface area (Å²) in [6.45, 7) is 1.11. The van der Waals surface area contributed by atoms with Gasteiger partial charge in [0.2, 0.25) is 6.39 Å². The number of benzene rings is 1. The molecule has 1 unspecified atom stereocenters. The fourth-order valence-corrected chi connectivity index (χ4v) is 2.69. The predicted octanol–water partition coefficient (Wildman–Crippen LogP) is 0.937. The van der Waals surface area contributed by atoms with Gasteiger partial charge in [-0.1, -0.05) is 5.16 Å². The SMILES string of the molecule is CC(=O)C(C(=O)c1ccc(S(C)(=O)=O)cc1[N+](=O)[O-])c1ncon1. The van der Waals surface area contributed by atoms with Crippen molar-refractivity contribution in [1.29, 1.82) is 0 Å². The summed E-state index contributed by atoms with van der Waals surface area (Å²) in [7, 11) is -3.70. The van der Waals surface area contributed by atoms with Crippen molar-refractivity contribution < 1.29 is 27.5 Å². The van der Waals surface area contributed by atoms with Crippen molar-refractivity contribution in [3.8, 4) is 0 Å². The van der Waals surface area contributed by atoms with Gasteiger partial charge in [-0.2, -0.15) is 4.98 Å². The Morgan fingerprint density at radius 1 is 1.33 bits per heavy atom. The third-order valence-corrected chi connectivity index (χ3v) is 4.28. The minimum atomic E-state index is -3.70. The lowest BCUT2D eigenvalue weighted by molar-refractivity contribution is -0.385. The summed E-state index contributed by atoms with van der Waals surface area (Å²) in [6, 6.07) is 2.83. The van der Waals surface area contributed by atoms with Crippen LogP contribution in [0.2, 0.25) is 0 Å². The first-order valence-electron chi connectivity index (χ1n) is 6.42. The van der Waals surface area contributed by atoms with E-state index in [1.165, 1.54) is 0 Å². The van der Waals surface area contributed by atoms with Crippen molar-refractivity contribution in [3.05, 3.63) is 46.1 Å². The van der Waals surface area contributed by atoms with Gasteiger partial charge >= 0.3 is 0 Å². The minimum absolute atomic E-state index is 0.228. The molecule has 0 spiro atoms. The molecule has 0 aliphatic rings. The Morgan fingerprint density at radius 2 is 2.00 bits per heavy atom. The number of nitrogens with zero attached hydrogens (tertiary/aromatic N) is 3. The van der Waals surface area contributed by atoms with Crippen molar-refractivity contribution in [2.75, 3.05) is 6.26 Å². The molecular weight excluding hydrogens is 342 g/mol. The van der Waals surface area contributed by atoms with Gasteiger partial charge in [-0.15, -0.1) is 0 Å². The molecule has 0 fully saturated rings. The average Bonchev–Trinajstić information content (AvgIpc) is 2.99. The fourth-order valence-electron chi connectivity index (χ4n) is 2.05. The highest BCUT2D eigenvalue weighted by Crippen LogP contribution is 2.28. The fraction of sp³-hybridized carbons (Fsp3) is 0.231. The van der Waals surface area contributed by atoms with Crippen LogP contribution in [0.25, 0.3) is 0 Å². The summed E-state index contributed by atoms with van der Waals surface area (Å²) in [6.07, 6.45) is 1.80. The highest BCUT2D eigenvalue weighted by atomic mass is 32.2. The highest BCUT2D eigenvalue weighted by Gasteiger charge is 2.34. The molecular formula is C13H11N3O7S. The molecule has 1 atom stereocenters. The second kappa shape index (κ2) is 6.28. The molecule has 126 valence electrons. The molecule has 0 N–H and O–H groups in total. The van der Waals surface area contributed by atoms with Gasteiger partial charge in [-0.25, -0.2) is 8.42 Å². The number of nitro groups is 1. The van der Waals surface area contributed by atoms with Gasteiger partial charge in [0.15, 0.2) is 21.4 Å². The number of rotatable bonds is 6. The zero-order valence-electron chi connectivity index (χ0n) is 12.5. The van der Waals surface area contributed by atoms with Crippen LogP contribution in [0.15, 0.2) is 34.0 Å². The standard InChI is InChI=1S/C13H11N3O7S/c1-7(17)11(13-14-6-23-15-13)12(18)9-4-3-8(24(2,21)22)5-10(9)16(19)20/h3-6,11H,1-2H3. The normalized spacial score (nSPS) is 12.6. The van der Waals surface area contributed by atoms with E-state index >= 15 is 0 Å². The van der Waals surface area contributed by atoms with E-state index < -0.39 is 43.5 Å². The Balaban J connectivity index is 2.60. The number of carbonyl (C=O) groups excluding carboxylic acids is 2. The molecule has 0 bridgehead atoms. The maximum absolute atomic E-state index is 12.6. The van der Waals surface area contributed by atoms with Crippen LogP contribution >= 0.6 is 0 Å². The van der Waals surface area contributed by atoms with Crippen molar-refractivity contribution in [3.63, 3.8) is 0 Å². The van der Waals surface area contributed by atoms with E-state index in [0.29, 0.717) is 0 Å². The van der Waals surface area contributed by atoms with Crippen LogP contribution in [0.5, 0.6) is 0 Å². The quantitative estimate of drug-likeness (QED) is 0.320. The Hall–Kier alpha value is -2.95. The van der Waals surface area contributed by atoms with Crippen LogP contribution < -0.4 is 0 Å². The van der Waals surface area contributed by atoms with Gasteiger partial charge < -0.3 is 4.52 Å². The molecule has 24 heavy (non-hydrogen) atoms. The smallest absolute Gasteiger partial charge is 0.281 e. The second-order valence-electron chi connectivity index (χ2n) is 4.91. The molecule has 0 amide bonds. The summed E-state index contributed by atoms with van der Waals surface area (Å²) >= 11 is 0. The zero-order chi connectivity index (χ0) is 18.1. The summed E-state index contributed by atoms with van der Waals surface area (Å²) in [5.74, 6) is -3.26. The van der Waals surface area contributed by atoms with E-state index in [2.05, 4.69) is 14.7 Å². The van der Waals surface area contributed by atoms with Gasteiger partial charge in [0.25, 0.3) is 5.69 Å². The van der Waals surface area contributed by atoms with Gasteiger partial charge in [-0.3, -0.25) is 19.7 Å². The Morgan fingerprint density at radius 3 is 2.46 bits per heavy atom. The van der Waals surface area contributed by atoms with Crippen LogP contribution in [0.3, 0.4) is 0 Å². The zero-order valence-corrected chi connectivity index (χ0v) is 13.3. The van der Waals surface area contributed by atoms with E-state index in [1.807, 2.05) is 0 Å². The first-order chi connectivity index (χ1) is 11.1. The molecule has 0 saturated heterocycles. The molecule has 0 aliphatic carbocycles. The van der Waals surface area contributed by atoms with Crippen LogP contribution in [-0.2, 0) is 14.6 Å². The molecule has 0 radical (unpaired) electrons. The van der Waals surface area contributed by atoms with E-state index in [1.54, 1.807) is 0 Å². The van der Waals surface area contributed by atoms with Gasteiger partial charge in [0.05, 0.1) is 15.4 Å². The Bertz CT molecular complexity index is 919. The molecule has 0 aliphatic heterocycles. The van der Waals surface area contributed by atoms with Gasteiger partial charge in [0, 0.05) is 12.3 Å². The first kappa shape index (κ1) is 17.4. The van der Waals surface area contributed by atoms with Crippen molar-refractivity contribution in [1.82, 2.24) is 10.1 Å². The number of hydrogen-bond donors (Lipinski definition) is 0. The first-order valence-corrected chi connectivity index (χ1v) is 8.31. The Labute approximate surface area is 135 Å². The second-order valence-corrected chi connectivity index (χ2v) is 6.92. The lowest BCUT2D eigenvalue weighted by Gasteiger charge is -2.09. The molecule has 0 saturated carbocycles. The number of aromatic nitrogens is 2. The largest absolute Gasteiger partial charge is 0.343 e. The van der Waals surface area contributed by atoms with Crippen molar-refractivity contribution >= 4 is 27.1 Å². The monoisotopic (exact) mass is 353 g/mol. The number of nitro benzene ring substituents is 1. The molecule has 1 heterocycles. The molecule has 1 aromatic heterocycles. The third kappa shape index (κ3) is 3.35. The summed E-state index contributed by atoms with van der Waals surface area (Å²) in [5, 5.41) is 14.6. The van der Waals surface area contributed by atoms with Gasteiger partial charge in [0.1, 0.15) is 11.7 Å². The maximum Gasteiger partial charge on any atom is 0.281 e. The highest BCUT2D eigenvalue weighted by molar-refractivity contribution is 7.90. The summed E-state index contributed by atoms with van der Waals surface area (Å²) < 4.78 is 27.5. The molecule has 10 nitrogen and oxygen atoms in total. The predicted molar refractivity (Wildman–Crippen MR) is 78.3 cm³/mol. The summed E-state index contributed by atoms with van der Waals surface area (Å²) in [5.41, 5.74) is -1.14. The van der Waals surface area contributed by atoms with E-state index in [-0.39, 0.29) is 10.7 Å². The van der Waals surface area contributed by atoms with Crippen LogP contribution in [0.1, 0.15) is 29.0 Å². The minimum Gasteiger partial charge on any atom is -0.343 e. The van der Waals surface area contributed by atoms with Crippen LogP contribution in [0, 0.1) is 10.1 Å². The number of Topliss-reactive ketones (excluding diaryl/α,β-unsaturated/α-hetero) is 2. The average molecular weight is 353 g/mol. The number of sulfone groups is 1. The third-order valence-electron chi connectivity index (χ3n) is 3.16. The van der Waals surface area contributed by atoms with E-state index in [0.717, 1.165) is 37.8 Å². The van der Waals surface area contributed by atoms with Crippen molar-refractivity contribution in [2.45, 2.75) is 17.7 Å². The van der Waals surface area contributed by atoms with Crippen molar-refractivity contribution in [2.24, 2.45) is 0 Å². The lowest BCUT2D eigenvalue weighted by atomic mass is 9.92. The maximum atomic E-state index is 12.6. The molecule has 1 aromatic carbocycles. The number of hydrogen-bond acceptors (Lipinski definition) is 9. The van der Waals surface area contributed by atoms with E-state index in [4.69, 9.17) is 0 Å². The topological polar surface area (TPSA) is 150 Å².